The molecule has 0 aromatic carbocycles. The van der Waals surface area contributed by atoms with Gasteiger partial charge in [0.15, 0.2) is 0 Å². The Hall–Kier alpha value is -1.36. The van der Waals surface area contributed by atoms with Crippen LogP contribution in [0.5, 0.6) is 0 Å². The first kappa shape index (κ1) is 13.7. The first-order chi connectivity index (χ1) is 7.91. The topological polar surface area (TPSA) is 78.0 Å². The molecule has 0 spiro atoms. The molecule has 0 aliphatic rings. The number of nitrogens with zero attached hydrogens (tertiary/aromatic N) is 1. The van der Waals surface area contributed by atoms with Gasteiger partial charge >= 0.3 is 0 Å². The minimum absolute atomic E-state index is 0.0362. The number of aromatic amines is 1. The fourth-order valence-corrected chi connectivity index (χ4v) is 1.70. The molecule has 3 N–H and O–H groups in total. The zero-order valence-corrected chi connectivity index (χ0v) is 10.9. The number of hydrogen-bond acceptors (Lipinski definition) is 3. The zero-order valence-electron chi connectivity index (χ0n) is 10.9. The van der Waals surface area contributed by atoms with Crippen LogP contribution in [0.4, 0.5) is 0 Å². The van der Waals surface area contributed by atoms with Crippen LogP contribution in [0.3, 0.4) is 0 Å². The molecule has 1 rings (SSSR count). The summed E-state index contributed by atoms with van der Waals surface area (Å²) >= 11 is 0. The van der Waals surface area contributed by atoms with Gasteiger partial charge in [0.1, 0.15) is 0 Å². The molecule has 0 fully saturated rings. The number of amides is 1. The largest absolute Gasteiger partial charge is 0.392 e. The van der Waals surface area contributed by atoms with Gasteiger partial charge in [0.2, 0.25) is 5.91 Å². The number of H-pyrrole nitrogens is 1. The Bertz CT molecular complexity index is 366. The molecule has 0 saturated heterocycles. The highest BCUT2D eigenvalue weighted by molar-refractivity contribution is 5.78. The Labute approximate surface area is 102 Å². The van der Waals surface area contributed by atoms with Crippen molar-refractivity contribution >= 4 is 5.91 Å². The van der Waals surface area contributed by atoms with Crippen LogP contribution >= 0.6 is 0 Å². The van der Waals surface area contributed by atoms with E-state index in [1.165, 1.54) is 0 Å². The van der Waals surface area contributed by atoms with Crippen molar-refractivity contribution in [3.8, 4) is 0 Å². The molecule has 1 heterocycles. The number of rotatable bonds is 5. The van der Waals surface area contributed by atoms with E-state index in [1.807, 2.05) is 20.8 Å². The van der Waals surface area contributed by atoms with Crippen LogP contribution in [-0.4, -0.2) is 33.9 Å². The molecule has 96 valence electrons. The Morgan fingerprint density at radius 1 is 1.47 bits per heavy atom. The third-order valence-corrected chi connectivity index (χ3v) is 2.81. The van der Waals surface area contributed by atoms with Gasteiger partial charge in [-0.2, -0.15) is 5.10 Å². The molecule has 1 aromatic heterocycles. The average Bonchev–Trinajstić information content (AvgIpc) is 2.57. The van der Waals surface area contributed by atoms with Gasteiger partial charge in [-0.3, -0.25) is 9.89 Å². The summed E-state index contributed by atoms with van der Waals surface area (Å²) in [5, 5.41) is 18.8. The number of hydrogen-bond donors (Lipinski definition) is 3. The van der Waals surface area contributed by atoms with E-state index in [2.05, 4.69) is 15.5 Å². The number of aryl methyl sites for hydroxylation is 2. The third kappa shape index (κ3) is 3.85. The summed E-state index contributed by atoms with van der Waals surface area (Å²) in [5.74, 6) is -0.158. The standard InChI is InChI=1S/C12H21N3O2/c1-7(12(17)13-6-8(2)16)5-11-9(3)14-15-10(11)4/h7-8,16H,5-6H2,1-4H3,(H,13,17)(H,14,15). The van der Waals surface area contributed by atoms with E-state index in [1.54, 1.807) is 6.92 Å². The molecule has 17 heavy (non-hydrogen) atoms. The van der Waals surface area contributed by atoms with E-state index >= 15 is 0 Å². The molecule has 2 unspecified atom stereocenters. The third-order valence-electron chi connectivity index (χ3n) is 2.81. The highest BCUT2D eigenvalue weighted by Gasteiger charge is 2.17. The minimum atomic E-state index is -0.511. The van der Waals surface area contributed by atoms with E-state index in [4.69, 9.17) is 5.11 Å². The summed E-state index contributed by atoms with van der Waals surface area (Å²) in [6.07, 6.45) is 0.156. The maximum absolute atomic E-state index is 11.7. The van der Waals surface area contributed by atoms with Crippen LogP contribution in [0.15, 0.2) is 0 Å². The van der Waals surface area contributed by atoms with Gasteiger partial charge in [0, 0.05) is 18.2 Å². The summed E-state index contributed by atoms with van der Waals surface area (Å²) in [5.41, 5.74) is 3.06. The van der Waals surface area contributed by atoms with Crippen molar-refractivity contribution in [2.45, 2.75) is 40.2 Å². The molecule has 5 heteroatoms. The smallest absolute Gasteiger partial charge is 0.223 e. The van der Waals surface area contributed by atoms with Crippen LogP contribution < -0.4 is 5.32 Å². The second-order valence-electron chi connectivity index (χ2n) is 4.61. The number of aliphatic hydroxyl groups is 1. The lowest BCUT2D eigenvalue weighted by Gasteiger charge is -2.13. The van der Waals surface area contributed by atoms with Gasteiger partial charge in [0.05, 0.1) is 11.8 Å². The molecule has 0 aliphatic heterocycles. The normalized spacial score (nSPS) is 14.4. The van der Waals surface area contributed by atoms with Crippen molar-refractivity contribution in [1.82, 2.24) is 15.5 Å². The van der Waals surface area contributed by atoms with Crippen molar-refractivity contribution in [3.63, 3.8) is 0 Å². The number of carbonyl (C=O) groups is 1. The molecule has 1 amide bonds. The Kier molecular flexibility index (Phi) is 4.69. The fraction of sp³-hybridized carbons (Fsp3) is 0.667. The van der Waals surface area contributed by atoms with E-state index in [-0.39, 0.29) is 11.8 Å². The van der Waals surface area contributed by atoms with Crippen molar-refractivity contribution < 1.29 is 9.90 Å². The first-order valence-corrected chi connectivity index (χ1v) is 5.88. The predicted molar refractivity (Wildman–Crippen MR) is 65.6 cm³/mol. The highest BCUT2D eigenvalue weighted by Crippen LogP contribution is 2.15. The molecule has 0 radical (unpaired) electrons. The summed E-state index contributed by atoms with van der Waals surface area (Å²) < 4.78 is 0. The second kappa shape index (κ2) is 5.82. The van der Waals surface area contributed by atoms with Gasteiger partial charge < -0.3 is 10.4 Å². The quantitative estimate of drug-likeness (QED) is 0.708. The van der Waals surface area contributed by atoms with Gasteiger partial charge in [-0.05, 0) is 32.8 Å². The maximum atomic E-state index is 11.7. The summed E-state index contributed by atoms with van der Waals surface area (Å²) in [4.78, 5) is 11.7. The summed E-state index contributed by atoms with van der Waals surface area (Å²) in [7, 11) is 0. The predicted octanol–water partition coefficient (Wildman–Crippen LogP) is 0.702. The van der Waals surface area contributed by atoms with Crippen molar-refractivity contribution in [3.05, 3.63) is 17.0 Å². The fourth-order valence-electron chi connectivity index (χ4n) is 1.70. The average molecular weight is 239 g/mol. The summed E-state index contributed by atoms with van der Waals surface area (Å²) in [6.45, 7) is 7.71. The Morgan fingerprint density at radius 3 is 2.59 bits per heavy atom. The molecule has 5 nitrogen and oxygen atoms in total. The molecular formula is C12H21N3O2. The summed E-state index contributed by atoms with van der Waals surface area (Å²) in [6, 6.07) is 0. The van der Waals surface area contributed by atoms with E-state index in [9.17, 15) is 4.79 Å². The molecule has 0 aliphatic carbocycles. The van der Waals surface area contributed by atoms with Gasteiger partial charge in [0.25, 0.3) is 0 Å². The minimum Gasteiger partial charge on any atom is -0.392 e. The number of aromatic nitrogens is 2. The Balaban J connectivity index is 2.54. The lowest BCUT2D eigenvalue weighted by molar-refractivity contribution is -0.124. The molecule has 0 bridgehead atoms. The van der Waals surface area contributed by atoms with Crippen LogP contribution in [-0.2, 0) is 11.2 Å². The SMILES string of the molecule is Cc1n[nH]c(C)c1CC(C)C(=O)NCC(C)O. The number of nitrogens with one attached hydrogen (secondary N) is 2. The highest BCUT2D eigenvalue weighted by atomic mass is 16.3. The van der Waals surface area contributed by atoms with E-state index in [0.717, 1.165) is 17.0 Å². The molecule has 1 aromatic rings. The molecule has 0 saturated carbocycles. The van der Waals surface area contributed by atoms with Gasteiger partial charge in [-0.15, -0.1) is 0 Å². The Morgan fingerprint density at radius 2 is 2.12 bits per heavy atom. The van der Waals surface area contributed by atoms with Crippen molar-refractivity contribution in [2.75, 3.05) is 6.54 Å². The lowest BCUT2D eigenvalue weighted by atomic mass is 9.99. The maximum Gasteiger partial charge on any atom is 0.223 e. The second-order valence-corrected chi connectivity index (χ2v) is 4.61. The number of aliphatic hydroxyl groups excluding tert-OH is 1. The van der Waals surface area contributed by atoms with E-state index in [0.29, 0.717) is 13.0 Å². The zero-order chi connectivity index (χ0) is 13.0. The van der Waals surface area contributed by atoms with E-state index < -0.39 is 6.10 Å². The first-order valence-electron chi connectivity index (χ1n) is 5.88. The van der Waals surface area contributed by atoms with Crippen LogP contribution in [0, 0.1) is 19.8 Å². The van der Waals surface area contributed by atoms with Crippen molar-refractivity contribution in [2.24, 2.45) is 5.92 Å². The molecular weight excluding hydrogens is 218 g/mol. The van der Waals surface area contributed by atoms with Crippen LogP contribution in [0.25, 0.3) is 0 Å². The van der Waals surface area contributed by atoms with Gasteiger partial charge in [-0.1, -0.05) is 6.92 Å². The molecule has 2 atom stereocenters. The van der Waals surface area contributed by atoms with Crippen molar-refractivity contribution in [1.29, 1.82) is 0 Å². The van der Waals surface area contributed by atoms with Gasteiger partial charge in [-0.25, -0.2) is 0 Å². The monoisotopic (exact) mass is 239 g/mol. The number of carbonyl (C=O) groups excluding carboxylic acids is 1. The lowest BCUT2D eigenvalue weighted by Crippen LogP contribution is -2.35. The van der Waals surface area contributed by atoms with Crippen LogP contribution in [0.2, 0.25) is 0 Å². The van der Waals surface area contributed by atoms with Crippen LogP contribution in [0.1, 0.15) is 30.8 Å².